The molecule has 0 N–H and O–H groups in total. The van der Waals surface area contributed by atoms with Gasteiger partial charge in [-0.3, -0.25) is 0 Å². The molecule has 10 aromatic heterocycles. The first-order valence-corrected chi connectivity index (χ1v) is 52.4. The molecule has 5 nitrogen and oxygen atoms in total. The summed E-state index contributed by atoms with van der Waals surface area (Å²) in [6.45, 7) is 4.00. The third-order valence-corrected chi connectivity index (χ3v) is 33.2. The zero-order valence-electron chi connectivity index (χ0n) is 76.5. The van der Waals surface area contributed by atoms with Gasteiger partial charge in [-0.2, -0.15) is 0 Å². The van der Waals surface area contributed by atoms with E-state index in [4.69, 9.17) is 0 Å². The lowest BCUT2D eigenvalue weighted by atomic mass is 9.94. The van der Waals surface area contributed by atoms with Crippen molar-refractivity contribution in [3.05, 3.63) is 447 Å². The summed E-state index contributed by atoms with van der Waals surface area (Å²) in [5.74, 6) is 0. The number of halogens is 5. The van der Waals surface area contributed by atoms with Crippen LogP contribution in [-0.2, 0) is 0 Å². The monoisotopic (exact) mass is 2130 g/mol. The summed E-state index contributed by atoms with van der Waals surface area (Å²) in [7, 11) is 0. The van der Waals surface area contributed by atoms with E-state index in [0.29, 0.717) is 0 Å². The van der Waals surface area contributed by atoms with Crippen LogP contribution in [-0.4, -0.2) is 22.0 Å². The maximum absolute atomic E-state index is 3.89. The lowest BCUT2D eigenvalue weighted by Crippen LogP contribution is -1.93. The number of hydrogen-bond donors (Lipinski definition) is 0. The first kappa shape index (κ1) is 82.4. The van der Waals surface area contributed by atoms with Gasteiger partial charge in [0.1, 0.15) is 0 Å². The fourth-order valence-corrected chi connectivity index (χ4v) is 27.5. The minimum absolute atomic E-state index is 1.11. The highest BCUT2D eigenvalue weighted by molar-refractivity contribution is 9.11. The van der Waals surface area contributed by atoms with Crippen LogP contribution in [0.1, 0.15) is 13.8 Å². The number of rotatable bonds is 0. The van der Waals surface area contributed by atoms with E-state index in [9.17, 15) is 0 Å². The van der Waals surface area contributed by atoms with Crippen LogP contribution >= 0.6 is 79.6 Å². The van der Waals surface area contributed by atoms with Gasteiger partial charge in [-0.1, -0.05) is 391 Å². The molecule has 0 fully saturated rings. The Kier molecular flexibility index (Phi) is 18.1. The SMILES string of the molecule is Brc1cc2c3cc4ccccc4c4cccc(c43)n3c4cc5ccccc5cc4c(c1)c23.Brc1cc2c3cc4ccccc4c4cccc(c43)n3c4ccccc4c(c1)c23.Brc1cc2ccccc2c2c1c1cccc3c4cccc5cccc(c54)n2c31.Brc1ccc2c(c1)c1cccc3c4cccc5cccc(c54)n2c31.Brc1ccc2c3c4ccccc4cc4c5cccc6cccc(c65)n(c2c1)c43.CC. The van der Waals surface area contributed by atoms with Gasteiger partial charge in [0.25, 0.3) is 0 Å². The Morgan fingerprint density at radius 3 is 0.972 bits per heavy atom. The maximum atomic E-state index is 3.89. The molecule has 25 aromatic carbocycles. The molecule has 0 unspecified atom stereocenters. The van der Waals surface area contributed by atoms with Crippen LogP contribution < -0.4 is 0 Å². The highest BCUT2D eigenvalue weighted by Gasteiger charge is 2.28. The predicted molar refractivity (Wildman–Crippen MR) is 630 cm³/mol. The van der Waals surface area contributed by atoms with Crippen LogP contribution in [0.2, 0.25) is 0 Å². The predicted octanol–water partition coefficient (Wildman–Crippen LogP) is 40.6. The molecular formula is C132H76Br5N5. The second-order valence-corrected chi connectivity index (χ2v) is 42.3. The highest BCUT2D eigenvalue weighted by atomic mass is 79.9. The Morgan fingerprint density at radius 2 is 0.415 bits per heavy atom. The van der Waals surface area contributed by atoms with E-state index in [1.807, 2.05) is 13.8 Å². The summed E-state index contributed by atoms with van der Waals surface area (Å²) in [5.41, 5.74) is 19.3. The van der Waals surface area contributed by atoms with Crippen molar-refractivity contribution in [1.29, 1.82) is 0 Å². The lowest BCUT2D eigenvalue weighted by Gasteiger charge is -2.15. The number of benzene rings is 25. The average Bonchev–Trinajstić information content (AvgIpc) is 1.53. The molecule has 0 spiro atoms. The molecule has 0 atom stereocenters. The Balaban J connectivity index is 0.0000000829. The zero-order chi connectivity index (χ0) is 94.0. The van der Waals surface area contributed by atoms with Crippen molar-refractivity contribution in [2.24, 2.45) is 0 Å². The summed E-state index contributed by atoms with van der Waals surface area (Å²) >= 11 is 18.8. The molecule has 0 aliphatic heterocycles. The standard InChI is InChI=1S/C30H16BrN.3C26H14BrN.C22H12BrN.C2H6/c31-20-15-25-23-12-17-6-1-2-7-18(17)14-28(23)32-27-11-5-10-22-21-9-4-3-8-19(21)13-24(29(22)27)26(16-20)30(25)32;27-21-14-16-6-1-2-9-17(16)26-24(21)20-12-5-11-19-18-10-3-7-15-8-4-13-22(23(15)18)28(26)25(19)20;27-17-11-12-20-23(14-17)28-22-10-4-7-15-6-3-9-19(24(15)22)21-13-16-5-1-2-8-18(16)25(20)26(21)28;27-16-13-21-18-8-3-4-10-23(18)28-24-11-5-9-19-17-7-2-1-6-15(17)12-20(25(19)24)22(14-16)26(21)28;23-14-10-11-19-18(12-14)17-8-3-7-16-15-6-1-4-13-5-2-9-20(21(13)15)24(19)22(16)17;1-2/h1-16H;3*1-14H;1-12H;1-2H3. The number of hydrogen-bond acceptors (Lipinski definition) is 0. The summed E-state index contributed by atoms with van der Waals surface area (Å²) < 4.78 is 18.0. The molecule has 0 bridgehead atoms. The third-order valence-electron chi connectivity index (χ3n) is 30.6. The van der Waals surface area contributed by atoms with Crippen molar-refractivity contribution in [1.82, 2.24) is 22.0 Å². The molecule has 0 saturated carbocycles. The Morgan fingerprint density at radius 1 is 0.127 bits per heavy atom. The van der Waals surface area contributed by atoms with Gasteiger partial charge in [-0.25, -0.2) is 0 Å². The van der Waals surface area contributed by atoms with E-state index in [1.54, 1.807) is 0 Å². The van der Waals surface area contributed by atoms with Crippen molar-refractivity contribution in [3.63, 3.8) is 0 Å². The molecule has 10 heterocycles. The molecule has 0 saturated heterocycles. The molecule has 0 radical (unpaired) electrons. The van der Waals surface area contributed by atoms with Gasteiger partial charge in [0.2, 0.25) is 0 Å². The summed E-state index contributed by atoms with van der Waals surface area (Å²) in [5, 5.41) is 52.4. The minimum atomic E-state index is 1.11. The molecule has 0 aliphatic rings. The van der Waals surface area contributed by atoms with Gasteiger partial charge in [0.05, 0.1) is 82.8 Å². The molecule has 664 valence electrons. The fourth-order valence-electron chi connectivity index (χ4n) is 25.2. The molecule has 35 aromatic rings. The smallest absolute Gasteiger partial charge is 0.0631 e. The fraction of sp³-hybridized carbons (Fsp3) is 0.0152. The van der Waals surface area contributed by atoms with Crippen LogP contribution in [0, 0.1) is 0 Å². The second kappa shape index (κ2) is 31.2. The van der Waals surface area contributed by atoms with Crippen molar-refractivity contribution >= 4 is 378 Å². The van der Waals surface area contributed by atoms with E-state index in [2.05, 4.69) is 526 Å². The van der Waals surface area contributed by atoms with E-state index in [0.717, 1.165) is 22.4 Å². The molecule has 142 heavy (non-hydrogen) atoms. The van der Waals surface area contributed by atoms with E-state index in [-0.39, 0.29) is 0 Å². The number of nitrogens with zero attached hydrogens (tertiary/aromatic N) is 5. The van der Waals surface area contributed by atoms with Crippen LogP contribution in [0.5, 0.6) is 0 Å². The lowest BCUT2D eigenvalue weighted by molar-refractivity contribution is 1.35. The quantitative estimate of drug-likeness (QED) is 0.107. The van der Waals surface area contributed by atoms with Gasteiger partial charge in [0.15, 0.2) is 0 Å². The Bertz CT molecular complexity index is 11600. The topological polar surface area (TPSA) is 22.1 Å². The molecule has 35 rings (SSSR count). The summed E-state index contributed by atoms with van der Waals surface area (Å²) in [6, 6.07) is 155. The van der Waals surface area contributed by atoms with E-state index >= 15 is 0 Å². The molecule has 0 aliphatic carbocycles. The molecule has 10 heteroatoms. The first-order valence-electron chi connectivity index (χ1n) is 48.5. The normalized spacial score (nSPS) is 12.3. The number of fused-ring (bicyclic) bond motifs is 34. The van der Waals surface area contributed by atoms with E-state index in [1.165, 1.54) is 298 Å². The van der Waals surface area contributed by atoms with Crippen LogP contribution in [0.25, 0.3) is 298 Å². The van der Waals surface area contributed by atoms with Crippen LogP contribution in [0.15, 0.2) is 447 Å². The van der Waals surface area contributed by atoms with Crippen molar-refractivity contribution < 1.29 is 0 Å². The van der Waals surface area contributed by atoms with Gasteiger partial charge in [0, 0.05) is 135 Å². The number of para-hydroxylation sites is 3. The zero-order valence-corrected chi connectivity index (χ0v) is 84.5. The van der Waals surface area contributed by atoms with E-state index < -0.39 is 0 Å². The first-order chi connectivity index (χ1) is 70.0. The molecule has 0 amide bonds. The largest absolute Gasteiger partial charge is 0.308 e. The van der Waals surface area contributed by atoms with Gasteiger partial charge in [-0.15, -0.1) is 0 Å². The van der Waals surface area contributed by atoms with Crippen molar-refractivity contribution in [3.8, 4) is 0 Å². The van der Waals surface area contributed by atoms with Gasteiger partial charge in [-0.05, 0) is 230 Å². The second-order valence-electron chi connectivity index (χ2n) is 37.7. The maximum Gasteiger partial charge on any atom is 0.0631 e. The summed E-state index contributed by atoms with van der Waals surface area (Å²) in [4.78, 5) is 0. The van der Waals surface area contributed by atoms with Gasteiger partial charge >= 0.3 is 0 Å². The van der Waals surface area contributed by atoms with Crippen molar-refractivity contribution in [2.45, 2.75) is 13.8 Å². The minimum Gasteiger partial charge on any atom is -0.308 e. The number of pyridine rings is 5. The van der Waals surface area contributed by atoms with Crippen molar-refractivity contribution in [2.75, 3.05) is 0 Å². The van der Waals surface area contributed by atoms with Crippen LogP contribution in [0.3, 0.4) is 0 Å². The highest BCUT2D eigenvalue weighted by Crippen LogP contribution is 2.52. The van der Waals surface area contributed by atoms with Crippen LogP contribution in [0.4, 0.5) is 0 Å². The Hall–Kier alpha value is -15.5. The average molecular weight is 2130 g/mol. The third kappa shape index (κ3) is 11.6. The summed E-state index contributed by atoms with van der Waals surface area (Å²) in [6.07, 6.45) is 0. The Labute approximate surface area is 852 Å². The number of aromatic nitrogens is 5. The molecular weight excluding hydrogens is 2060 g/mol. The van der Waals surface area contributed by atoms with Gasteiger partial charge < -0.3 is 22.0 Å².